The lowest BCUT2D eigenvalue weighted by atomic mass is 10.1. The minimum atomic E-state index is -0.0824. The summed E-state index contributed by atoms with van der Waals surface area (Å²) in [5.74, 6) is 0.542. The Bertz CT molecular complexity index is 525. The summed E-state index contributed by atoms with van der Waals surface area (Å²) in [7, 11) is 1.92. The van der Waals surface area contributed by atoms with E-state index in [0.29, 0.717) is 15.8 Å². The summed E-state index contributed by atoms with van der Waals surface area (Å²) in [5.41, 5.74) is 1.11. The third-order valence-corrected chi connectivity index (χ3v) is 3.60. The Morgan fingerprint density at radius 1 is 1.00 bits per heavy atom. The van der Waals surface area contributed by atoms with E-state index in [1.165, 1.54) is 0 Å². The molecule has 106 valence electrons. The zero-order chi connectivity index (χ0) is 14.4. The molecule has 0 saturated carbocycles. The predicted molar refractivity (Wildman–Crippen MR) is 84.8 cm³/mol. The van der Waals surface area contributed by atoms with Crippen molar-refractivity contribution in [2.24, 2.45) is 0 Å². The van der Waals surface area contributed by atoms with Crippen LogP contribution in [0, 0.1) is 0 Å². The second-order valence-corrected chi connectivity index (χ2v) is 5.27. The van der Waals surface area contributed by atoms with Crippen LogP contribution in [-0.2, 0) is 0 Å². The summed E-state index contributed by atoms with van der Waals surface area (Å²) in [6.45, 7) is 0.849. The number of hydrogen-bond donors (Lipinski definition) is 1. The van der Waals surface area contributed by atoms with Gasteiger partial charge in [-0.2, -0.15) is 0 Å². The summed E-state index contributed by atoms with van der Waals surface area (Å²) >= 11 is 12.3. The van der Waals surface area contributed by atoms with Crippen molar-refractivity contribution in [2.75, 3.05) is 13.6 Å². The van der Waals surface area contributed by atoms with Crippen LogP contribution in [0.15, 0.2) is 48.5 Å². The molecule has 0 heterocycles. The van der Waals surface area contributed by atoms with E-state index in [2.05, 4.69) is 5.32 Å². The first-order chi connectivity index (χ1) is 9.72. The van der Waals surface area contributed by atoms with Crippen molar-refractivity contribution in [3.63, 3.8) is 0 Å². The van der Waals surface area contributed by atoms with E-state index in [4.69, 9.17) is 27.9 Å². The van der Waals surface area contributed by atoms with Crippen molar-refractivity contribution in [3.05, 3.63) is 64.1 Å². The number of ether oxygens (including phenoxy) is 1. The fourth-order valence-electron chi connectivity index (χ4n) is 1.97. The third-order valence-electron chi connectivity index (χ3n) is 3.01. The van der Waals surface area contributed by atoms with Crippen LogP contribution in [-0.4, -0.2) is 13.6 Å². The molecule has 1 atom stereocenters. The monoisotopic (exact) mass is 309 g/mol. The highest BCUT2D eigenvalue weighted by atomic mass is 35.5. The Morgan fingerprint density at radius 3 is 2.25 bits per heavy atom. The molecular formula is C16H17Cl2NO. The highest BCUT2D eigenvalue weighted by Gasteiger charge is 2.16. The molecule has 0 aliphatic heterocycles. The van der Waals surface area contributed by atoms with Gasteiger partial charge in [-0.15, -0.1) is 0 Å². The summed E-state index contributed by atoms with van der Waals surface area (Å²) < 4.78 is 6.06. The van der Waals surface area contributed by atoms with Crippen LogP contribution in [0.5, 0.6) is 5.75 Å². The van der Waals surface area contributed by atoms with Gasteiger partial charge in [-0.05, 0) is 31.3 Å². The summed E-state index contributed by atoms with van der Waals surface area (Å²) in [6.07, 6.45) is 0.753. The Balaban J connectivity index is 2.24. The molecule has 1 N–H and O–H groups in total. The number of para-hydroxylation sites is 1. The molecule has 2 rings (SSSR count). The zero-order valence-electron chi connectivity index (χ0n) is 11.3. The maximum atomic E-state index is 6.17. The van der Waals surface area contributed by atoms with Crippen molar-refractivity contribution in [1.82, 2.24) is 5.32 Å². The van der Waals surface area contributed by atoms with Gasteiger partial charge in [0.25, 0.3) is 0 Å². The summed E-state index contributed by atoms with van der Waals surface area (Å²) in [6, 6.07) is 15.4. The Hall–Kier alpha value is -1.22. The lowest BCUT2D eigenvalue weighted by molar-refractivity contribution is 0.195. The van der Waals surface area contributed by atoms with E-state index in [1.807, 2.05) is 43.4 Å². The highest BCUT2D eigenvalue weighted by Crippen LogP contribution is 2.36. The fourth-order valence-corrected chi connectivity index (χ4v) is 2.46. The van der Waals surface area contributed by atoms with Gasteiger partial charge < -0.3 is 10.1 Å². The van der Waals surface area contributed by atoms with E-state index in [0.717, 1.165) is 18.5 Å². The molecule has 1 unspecified atom stereocenters. The Morgan fingerprint density at radius 2 is 1.65 bits per heavy atom. The molecule has 2 nitrogen and oxygen atoms in total. The van der Waals surface area contributed by atoms with Gasteiger partial charge >= 0.3 is 0 Å². The molecule has 0 spiro atoms. The second-order valence-electron chi connectivity index (χ2n) is 4.46. The second kappa shape index (κ2) is 7.53. The maximum absolute atomic E-state index is 6.17. The topological polar surface area (TPSA) is 21.3 Å². The van der Waals surface area contributed by atoms with Crippen molar-refractivity contribution in [1.29, 1.82) is 0 Å². The molecular weight excluding hydrogens is 293 g/mol. The van der Waals surface area contributed by atoms with Crippen LogP contribution >= 0.6 is 23.2 Å². The molecule has 0 bridgehead atoms. The quantitative estimate of drug-likeness (QED) is 0.833. The molecule has 0 aliphatic rings. The Kier molecular flexibility index (Phi) is 5.72. The largest absolute Gasteiger partial charge is 0.483 e. The zero-order valence-corrected chi connectivity index (χ0v) is 12.8. The molecule has 0 radical (unpaired) electrons. The van der Waals surface area contributed by atoms with Gasteiger partial charge in [-0.1, -0.05) is 59.6 Å². The SMILES string of the molecule is CNCCC(Oc1c(Cl)cccc1Cl)c1ccccc1. The van der Waals surface area contributed by atoms with Gasteiger partial charge in [-0.3, -0.25) is 0 Å². The summed E-state index contributed by atoms with van der Waals surface area (Å²) in [4.78, 5) is 0. The lowest BCUT2D eigenvalue weighted by Gasteiger charge is -2.21. The standard InChI is InChI=1S/C16H17Cl2NO/c1-19-11-10-15(12-6-3-2-4-7-12)20-16-13(17)8-5-9-14(16)18/h2-9,15,19H,10-11H2,1H3. The van der Waals surface area contributed by atoms with Crippen molar-refractivity contribution < 1.29 is 4.74 Å². The molecule has 0 amide bonds. The maximum Gasteiger partial charge on any atom is 0.157 e. The minimum Gasteiger partial charge on any atom is -0.483 e. The first-order valence-corrected chi connectivity index (χ1v) is 7.28. The van der Waals surface area contributed by atoms with Gasteiger partial charge in [0.15, 0.2) is 5.75 Å². The number of rotatable bonds is 6. The molecule has 2 aromatic rings. The van der Waals surface area contributed by atoms with Crippen LogP contribution in [0.2, 0.25) is 10.0 Å². The van der Waals surface area contributed by atoms with Gasteiger partial charge in [0, 0.05) is 6.42 Å². The van der Waals surface area contributed by atoms with E-state index in [9.17, 15) is 0 Å². The van der Waals surface area contributed by atoms with Crippen LogP contribution in [0.3, 0.4) is 0 Å². The smallest absolute Gasteiger partial charge is 0.157 e. The van der Waals surface area contributed by atoms with Crippen molar-refractivity contribution in [2.45, 2.75) is 12.5 Å². The molecule has 20 heavy (non-hydrogen) atoms. The van der Waals surface area contributed by atoms with Crippen LogP contribution in [0.1, 0.15) is 18.1 Å². The Labute approximate surface area is 129 Å². The summed E-state index contributed by atoms with van der Waals surface area (Å²) in [5, 5.41) is 4.20. The molecule has 0 saturated heterocycles. The number of hydrogen-bond acceptors (Lipinski definition) is 2. The van der Waals surface area contributed by atoms with Gasteiger partial charge in [-0.25, -0.2) is 0 Å². The number of nitrogens with one attached hydrogen (secondary N) is 1. The van der Waals surface area contributed by atoms with Gasteiger partial charge in [0.2, 0.25) is 0 Å². The first-order valence-electron chi connectivity index (χ1n) is 6.52. The van der Waals surface area contributed by atoms with E-state index in [-0.39, 0.29) is 6.10 Å². The van der Waals surface area contributed by atoms with Crippen LogP contribution in [0.25, 0.3) is 0 Å². The lowest BCUT2D eigenvalue weighted by Crippen LogP contribution is -2.16. The van der Waals surface area contributed by atoms with E-state index >= 15 is 0 Å². The first kappa shape index (κ1) is 15.2. The fraction of sp³-hybridized carbons (Fsp3) is 0.250. The molecule has 0 aliphatic carbocycles. The number of halogens is 2. The molecule has 2 aromatic carbocycles. The van der Waals surface area contributed by atoms with Crippen LogP contribution < -0.4 is 10.1 Å². The average molecular weight is 310 g/mol. The van der Waals surface area contributed by atoms with E-state index < -0.39 is 0 Å². The molecule has 0 aromatic heterocycles. The third kappa shape index (κ3) is 3.89. The number of benzene rings is 2. The van der Waals surface area contributed by atoms with Gasteiger partial charge in [0.1, 0.15) is 6.10 Å². The van der Waals surface area contributed by atoms with Crippen molar-refractivity contribution in [3.8, 4) is 5.75 Å². The van der Waals surface area contributed by atoms with Gasteiger partial charge in [0.05, 0.1) is 10.0 Å². The average Bonchev–Trinajstić information content (AvgIpc) is 2.47. The highest BCUT2D eigenvalue weighted by molar-refractivity contribution is 6.37. The van der Waals surface area contributed by atoms with E-state index in [1.54, 1.807) is 12.1 Å². The predicted octanol–water partition coefficient (Wildman–Crippen LogP) is 4.72. The van der Waals surface area contributed by atoms with Crippen molar-refractivity contribution >= 4 is 23.2 Å². The van der Waals surface area contributed by atoms with Crippen LogP contribution in [0.4, 0.5) is 0 Å². The normalized spacial score (nSPS) is 12.2. The minimum absolute atomic E-state index is 0.0824. The molecule has 0 fully saturated rings. The molecule has 4 heteroatoms.